The van der Waals surface area contributed by atoms with Crippen molar-refractivity contribution in [3.63, 3.8) is 0 Å². The van der Waals surface area contributed by atoms with Crippen LogP contribution < -0.4 is 10.6 Å². The first-order valence-corrected chi connectivity index (χ1v) is 12.7. The van der Waals surface area contributed by atoms with E-state index in [4.69, 9.17) is 9.98 Å². The van der Waals surface area contributed by atoms with Crippen molar-refractivity contribution in [2.24, 2.45) is 4.99 Å². The van der Waals surface area contributed by atoms with E-state index in [1.54, 1.807) is 12.4 Å². The second kappa shape index (κ2) is 10.7. The van der Waals surface area contributed by atoms with Gasteiger partial charge in [-0.15, -0.1) is 0 Å². The molecule has 9 heteroatoms. The van der Waals surface area contributed by atoms with Crippen LogP contribution in [0.15, 0.2) is 84.5 Å². The van der Waals surface area contributed by atoms with E-state index in [1.165, 1.54) is 16.9 Å². The zero-order valence-corrected chi connectivity index (χ0v) is 20.8. The van der Waals surface area contributed by atoms with Crippen LogP contribution in [0.4, 0.5) is 16.6 Å². The van der Waals surface area contributed by atoms with Crippen molar-refractivity contribution in [1.82, 2.24) is 19.5 Å². The number of imidazole rings is 1. The number of nitrogens with one attached hydrogen (secondary N) is 2. The van der Waals surface area contributed by atoms with Gasteiger partial charge in [-0.3, -0.25) is 9.79 Å². The number of hydrogen-bond acceptors (Lipinski definition) is 7. The number of rotatable bonds is 10. The summed E-state index contributed by atoms with van der Waals surface area (Å²) in [6.07, 6.45) is 15.8. The lowest BCUT2D eigenvalue weighted by molar-refractivity contribution is 0.103. The molecule has 0 spiro atoms. The summed E-state index contributed by atoms with van der Waals surface area (Å²) in [6, 6.07) is 13.7. The Kier molecular flexibility index (Phi) is 6.99. The van der Waals surface area contributed by atoms with E-state index in [-0.39, 0.29) is 5.91 Å². The molecule has 0 saturated carbocycles. The van der Waals surface area contributed by atoms with Crippen LogP contribution in [0.5, 0.6) is 0 Å². The Morgan fingerprint density at radius 3 is 2.81 bits per heavy atom. The fraction of sp³-hybridized carbons (Fsp3) is 0.222. The number of thiazole rings is 1. The number of aliphatic imine (C=N–C) groups is 1. The molecule has 1 aromatic carbocycles. The maximum absolute atomic E-state index is 12.7. The molecule has 3 aromatic heterocycles. The van der Waals surface area contributed by atoms with Gasteiger partial charge in [0.1, 0.15) is 16.2 Å². The van der Waals surface area contributed by atoms with Gasteiger partial charge in [0.15, 0.2) is 5.13 Å². The van der Waals surface area contributed by atoms with Crippen LogP contribution in [0.2, 0.25) is 0 Å². The van der Waals surface area contributed by atoms with Gasteiger partial charge in [0, 0.05) is 30.8 Å². The van der Waals surface area contributed by atoms with Crippen LogP contribution in [0.1, 0.15) is 40.7 Å². The zero-order chi connectivity index (χ0) is 24.8. The third kappa shape index (κ3) is 5.41. The van der Waals surface area contributed by atoms with Crippen LogP contribution in [-0.4, -0.2) is 31.6 Å². The van der Waals surface area contributed by atoms with Crippen molar-refractivity contribution < 1.29 is 4.79 Å². The fourth-order valence-corrected chi connectivity index (χ4v) is 4.83. The maximum Gasteiger partial charge on any atom is 0.267 e. The first-order chi connectivity index (χ1) is 17.6. The Balaban J connectivity index is 1.25. The van der Waals surface area contributed by atoms with Crippen LogP contribution in [0, 0.1) is 0 Å². The molecule has 5 rings (SSSR count). The molecule has 8 nitrogen and oxygen atoms in total. The number of amides is 1. The highest BCUT2D eigenvalue weighted by atomic mass is 32.1. The third-order valence-corrected chi connectivity index (χ3v) is 6.99. The predicted molar refractivity (Wildman–Crippen MR) is 144 cm³/mol. The summed E-state index contributed by atoms with van der Waals surface area (Å²) in [7, 11) is 0. The average Bonchev–Trinajstić information content (AvgIpc) is 3.68. The number of aryl methyl sites for hydroxylation is 2. The lowest BCUT2D eigenvalue weighted by Gasteiger charge is -2.24. The minimum Gasteiger partial charge on any atom is -0.337 e. The van der Waals surface area contributed by atoms with Gasteiger partial charge in [0.25, 0.3) is 5.91 Å². The minimum atomic E-state index is -0.487. The molecule has 36 heavy (non-hydrogen) atoms. The van der Waals surface area contributed by atoms with Crippen molar-refractivity contribution in [3.8, 4) is 0 Å². The molecule has 0 radical (unpaired) electrons. The molecule has 1 amide bonds. The number of allylic oxidation sites excluding steroid dienone is 1. The molecule has 0 saturated heterocycles. The summed E-state index contributed by atoms with van der Waals surface area (Å²) in [6.45, 7) is 2.97. The van der Waals surface area contributed by atoms with Gasteiger partial charge < -0.3 is 15.2 Å². The van der Waals surface area contributed by atoms with Crippen molar-refractivity contribution in [2.75, 3.05) is 10.6 Å². The topological polar surface area (TPSA) is 97.1 Å². The molecule has 2 N–H and O–H groups in total. The normalized spacial score (nSPS) is 16.4. The molecule has 0 fully saturated rings. The molecular weight excluding hydrogens is 470 g/mol. The number of carbonyl (C=O) groups is 1. The lowest BCUT2D eigenvalue weighted by Crippen LogP contribution is -2.21. The summed E-state index contributed by atoms with van der Waals surface area (Å²) in [5.74, 6) is 0.474. The number of nitrogens with zero attached hydrogens (tertiary/aromatic N) is 5. The summed E-state index contributed by atoms with van der Waals surface area (Å²) in [4.78, 5) is 31.3. The second-order valence-electron chi connectivity index (χ2n) is 8.53. The minimum absolute atomic E-state index is 0.186. The largest absolute Gasteiger partial charge is 0.337 e. The van der Waals surface area contributed by atoms with E-state index in [1.807, 2.05) is 67.3 Å². The maximum atomic E-state index is 12.7. The number of pyridine rings is 1. The zero-order valence-electron chi connectivity index (χ0n) is 20.0. The molecule has 4 aromatic rings. The van der Waals surface area contributed by atoms with Crippen LogP contribution in [-0.2, 0) is 18.5 Å². The molecule has 0 aliphatic carbocycles. The lowest BCUT2D eigenvalue weighted by atomic mass is 9.90. The second-order valence-corrected chi connectivity index (χ2v) is 9.56. The molecule has 1 unspecified atom stereocenters. The van der Waals surface area contributed by atoms with Crippen molar-refractivity contribution in [3.05, 3.63) is 95.7 Å². The van der Waals surface area contributed by atoms with E-state index in [0.717, 1.165) is 37.2 Å². The average molecular weight is 498 g/mol. The Labute approximate surface area is 213 Å². The summed E-state index contributed by atoms with van der Waals surface area (Å²) >= 11 is 1.29. The number of anilines is 3. The van der Waals surface area contributed by atoms with Crippen molar-refractivity contribution in [1.29, 1.82) is 0 Å². The van der Waals surface area contributed by atoms with E-state index >= 15 is 0 Å². The van der Waals surface area contributed by atoms with Gasteiger partial charge in [-0.1, -0.05) is 36.5 Å². The summed E-state index contributed by atoms with van der Waals surface area (Å²) in [5, 5.41) is 6.77. The molecule has 182 valence electrons. The molecule has 1 aliphatic heterocycles. The first kappa shape index (κ1) is 23.6. The van der Waals surface area contributed by atoms with E-state index < -0.39 is 5.54 Å². The van der Waals surface area contributed by atoms with E-state index in [0.29, 0.717) is 15.8 Å². The summed E-state index contributed by atoms with van der Waals surface area (Å²) in [5.41, 5.74) is 2.37. The molecule has 1 atom stereocenters. The molecule has 1 aliphatic rings. The number of benzene rings is 1. The van der Waals surface area contributed by atoms with Gasteiger partial charge >= 0.3 is 0 Å². The van der Waals surface area contributed by atoms with Gasteiger partial charge in [0.05, 0.1) is 18.2 Å². The highest BCUT2D eigenvalue weighted by Gasteiger charge is 2.31. The van der Waals surface area contributed by atoms with Gasteiger partial charge in [0.2, 0.25) is 0 Å². The highest BCUT2D eigenvalue weighted by Crippen LogP contribution is 2.35. The number of carbonyl (C=O) groups excluding carboxylic acids is 1. The SMILES string of the molecule is CCc1ccc(NC(=O)c2cnc(Nc3cccc(C4(CCCn5ccnc5)C=CC=N4)n3)s2)cc1. The standard InChI is InChI=1S/C27H27N7OS/c1-2-20-8-10-21(11-9-20)31-25(35)22-18-29-26(36-22)33-24-7-3-6-23(32-24)27(12-4-14-30-27)13-5-16-34-17-15-28-19-34/h3-4,6-12,14-15,17-19H,2,5,13,16H2,1H3,(H,31,35)(H,29,32,33). The quantitative estimate of drug-likeness (QED) is 0.297. The van der Waals surface area contributed by atoms with E-state index in [2.05, 4.69) is 38.2 Å². The monoisotopic (exact) mass is 497 g/mol. The highest BCUT2D eigenvalue weighted by molar-refractivity contribution is 7.17. The number of aromatic nitrogens is 4. The van der Waals surface area contributed by atoms with Crippen LogP contribution in [0.3, 0.4) is 0 Å². The fourth-order valence-electron chi connectivity index (χ4n) is 4.11. The Hall–Kier alpha value is -4.11. The first-order valence-electron chi connectivity index (χ1n) is 11.9. The number of hydrogen-bond donors (Lipinski definition) is 2. The van der Waals surface area contributed by atoms with Crippen LogP contribution in [0.25, 0.3) is 0 Å². The third-order valence-electron chi connectivity index (χ3n) is 6.07. The van der Waals surface area contributed by atoms with Gasteiger partial charge in [-0.05, 0) is 61.2 Å². The van der Waals surface area contributed by atoms with Crippen LogP contribution >= 0.6 is 11.3 Å². The summed E-state index contributed by atoms with van der Waals surface area (Å²) < 4.78 is 2.07. The van der Waals surface area contributed by atoms with Gasteiger partial charge in [-0.25, -0.2) is 15.0 Å². The Morgan fingerprint density at radius 2 is 2.06 bits per heavy atom. The van der Waals surface area contributed by atoms with Crippen molar-refractivity contribution >= 4 is 40.1 Å². The predicted octanol–water partition coefficient (Wildman–Crippen LogP) is 5.61. The smallest absolute Gasteiger partial charge is 0.267 e. The molecular formula is C27H27N7OS. The Morgan fingerprint density at radius 1 is 1.17 bits per heavy atom. The van der Waals surface area contributed by atoms with Crippen molar-refractivity contribution in [2.45, 2.75) is 38.3 Å². The molecule has 4 heterocycles. The molecule has 0 bridgehead atoms. The van der Waals surface area contributed by atoms with Gasteiger partial charge in [-0.2, -0.15) is 0 Å². The Bertz CT molecular complexity index is 1360. The van der Waals surface area contributed by atoms with E-state index in [9.17, 15) is 4.79 Å².